The quantitative estimate of drug-likeness (QED) is 0.347. The Morgan fingerprint density at radius 1 is 1.06 bits per heavy atom. The van der Waals surface area contributed by atoms with Crippen LogP contribution in [-0.4, -0.2) is 57.3 Å². The molecule has 7 nitrogen and oxygen atoms in total. The van der Waals surface area contributed by atoms with E-state index in [9.17, 15) is 24.5 Å². The number of aliphatic hydroxyl groups is 3. The van der Waals surface area contributed by atoms with Gasteiger partial charge < -0.3 is 25.2 Å². The van der Waals surface area contributed by atoms with Crippen molar-refractivity contribution in [2.75, 3.05) is 13.7 Å². The summed E-state index contributed by atoms with van der Waals surface area (Å²) >= 11 is 0. The number of aliphatic carboxylic acids is 1. The number of hydrogen-bond acceptors (Lipinski definition) is 6. The summed E-state index contributed by atoms with van der Waals surface area (Å²) in [7, 11) is 1.57. The SMILES string of the molecule is COCc1c(C(C)CO)nc(C(C)C)c(CC[C@@H](O)C[C@@H](O)CC(=O)O)c1-c1ccc(F)cc1. The summed E-state index contributed by atoms with van der Waals surface area (Å²) in [5.41, 5.74) is 4.83. The molecule has 0 fully saturated rings. The number of nitrogens with zero attached hydrogens (tertiary/aromatic N) is 1. The molecule has 0 radical (unpaired) electrons. The Hall–Kier alpha value is -2.39. The molecule has 4 N–H and O–H groups in total. The van der Waals surface area contributed by atoms with E-state index >= 15 is 0 Å². The van der Waals surface area contributed by atoms with Gasteiger partial charge in [-0.15, -0.1) is 0 Å². The first-order valence-corrected chi connectivity index (χ1v) is 11.6. The van der Waals surface area contributed by atoms with Crippen molar-refractivity contribution >= 4 is 5.97 Å². The van der Waals surface area contributed by atoms with Crippen molar-refractivity contribution in [1.82, 2.24) is 4.98 Å². The van der Waals surface area contributed by atoms with Crippen LogP contribution in [0.4, 0.5) is 4.39 Å². The van der Waals surface area contributed by atoms with Gasteiger partial charge in [-0.05, 0) is 54.0 Å². The number of rotatable bonds is 13. The molecule has 34 heavy (non-hydrogen) atoms. The summed E-state index contributed by atoms with van der Waals surface area (Å²) in [5, 5.41) is 39.1. The number of aromatic nitrogens is 1. The summed E-state index contributed by atoms with van der Waals surface area (Å²) in [5.74, 6) is -1.69. The van der Waals surface area contributed by atoms with Gasteiger partial charge in [-0.25, -0.2) is 4.39 Å². The minimum absolute atomic E-state index is 0.0326. The number of carboxylic acid groups (broad SMARTS) is 1. The van der Waals surface area contributed by atoms with Crippen LogP contribution in [-0.2, 0) is 22.6 Å². The van der Waals surface area contributed by atoms with E-state index in [0.29, 0.717) is 12.1 Å². The monoisotopic (exact) mass is 477 g/mol. The summed E-state index contributed by atoms with van der Waals surface area (Å²) in [6.07, 6.45) is -1.82. The second-order valence-electron chi connectivity index (χ2n) is 9.07. The zero-order valence-corrected chi connectivity index (χ0v) is 20.3. The van der Waals surface area contributed by atoms with Crippen molar-refractivity contribution in [1.29, 1.82) is 0 Å². The van der Waals surface area contributed by atoms with Gasteiger partial charge in [0.25, 0.3) is 0 Å². The number of carbonyl (C=O) groups is 1. The number of benzene rings is 1. The maximum atomic E-state index is 13.7. The first kappa shape index (κ1) is 27.9. The van der Waals surface area contributed by atoms with Crippen LogP contribution in [0.15, 0.2) is 24.3 Å². The summed E-state index contributed by atoms with van der Waals surface area (Å²) in [6.45, 7) is 6.05. The van der Waals surface area contributed by atoms with E-state index in [1.807, 2.05) is 20.8 Å². The number of aliphatic hydroxyl groups excluding tert-OH is 3. The first-order valence-electron chi connectivity index (χ1n) is 11.6. The lowest BCUT2D eigenvalue weighted by molar-refractivity contribution is -0.139. The van der Waals surface area contributed by atoms with Crippen molar-refractivity contribution in [3.8, 4) is 11.1 Å². The summed E-state index contributed by atoms with van der Waals surface area (Å²) < 4.78 is 19.2. The zero-order chi connectivity index (χ0) is 25.4. The molecule has 1 aromatic carbocycles. The van der Waals surface area contributed by atoms with Gasteiger partial charge in [0.15, 0.2) is 0 Å². The predicted molar refractivity (Wildman–Crippen MR) is 127 cm³/mol. The van der Waals surface area contributed by atoms with E-state index < -0.39 is 24.6 Å². The molecule has 0 aliphatic rings. The highest BCUT2D eigenvalue weighted by Crippen LogP contribution is 2.38. The number of pyridine rings is 1. The van der Waals surface area contributed by atoms with Crippen molar-refractivity contribution in [2.24, 2.45) is 0 Å². The van der Waals surface area contributed by atoms with Crippen LogP contribution in [0.25, 0.3) is 11.1 Å². The molecule has 1 aromatic heterocycles. The number of ether oxygens (including phenoxy) is 1. The fraction of sp³-hybridized carbons (Fsp3) is 0.538. The minimum atomic E-state index is -1.14. The van der Waals surface area contributed by atoms with Gasteiger partial charge >= 0.3 is 5.97 Å². The zero-order valence-electron chi connectivity index (χ0n) is 20.3. The third-order valence-corrected chi connectivity index (χ3v) is 5.85. The molecule has 2 aromatic rings. The van der Waals surface area contributed by atoms with Crippen LogP contribution < -0.4 is 0 Å². The lowest BCUT2D eigenvalue weighted by Crippen LogP contribution is -2.22. The normalized spacial score (nSPS) is 14.3. The maximum absolute atomic E-state index is 13.7. The molecule has 0 saturated heterocycles. The lowest BCUT2D eigenvalue weighted by Gasteiger charge is -2.26. The smallest absolute Gasteiger partial charge is 0.305 e. The summed E-state index contributed by atoms with van der Waals surface area (Å²) in [4.78, 5) is 15.7. The standard InChI is InChI=1S/C26H36FNO6/c1-15(2)25-21(10-9-19(30)11-20(31)12-23(32)33)24(17-5-7-18(27)8-6-17)22(14-34-4)26(28-25)16(3)13-29/h5-8,15-16,19-20,29-31H,9-14H2,1-4H3,(H,32,33)/t16?,19-,20-/m1/s1. The molecule has 1 heterocycles. The Morgan fingerprint density at radius 3 is 2.24 bits per heavy atom. The molecule has 0 saturated carbocycles. The van der Waals surface area contributed by atoms with E-state index in [1.54, 1.807) is 19.2 Å². The van der Waals surface area contributed by atoms with Crippen LogP contribution in [0.5, 0.6) is 0 Å². The Balaban J connectivity index is 2.60. The topological polar surface area (TPSA) is 120 Å². The van der Waals surface area contributed by atoms with Gasteiger partial charge in [-0.2, -0.15) is 0 Å². The van der Waals surface area contributed by atoms with Gasteiger partial charge in [-0.1, -0.05) is 32.9 Å². The predicted octanol–water partition coefficient (Wildman–Crippen LogP) is 3.77. The molecular weight excluding hydrogens is 441 g/mol. The Bertz CT molecular complexity index is 947. The van der Waals surface area contributed by atoms with Crippen molar-refractivity contribution in [3.05, 3.63) is 52.6 Å². The van der Waals surface area contributed by atoms with Crippen molar-refractivity contribution in [2.45, 2.75) is 77.1 Å². The average molecular weight is 478 g/mol. The van der Waals surface area contributed by atoms with Gasteiger partial charge in [0.2, 0.25) is 0 Å². The fourth-order valence-electron chi connectivity index (χ4n) is 4.21. The molecule has 0 bridgehead atoms. The molecule has 0 amide bonds. The van der Waals surface area contributed by atoms with E-state index in [4.69, 9.17) is 14.8 Å². The molecule has 1 unspecified atom stereocenters. The molecule has 8 heteroatoms. The van der Waals surface area contributed by atoms with Gasteiger partial charge in [0.1, 0.15) is 5.82 Å². The number of carboxylic acids is 1. The second kappa shape index (κ2) is 12.9. The van der Waals surface area contributed by atoms with Gasteiger partial charge in [-0.3, -0.25) is 9.78 Å². The van der Waals surface area contributed by atoms with Crippen LogP contribution >= 0.6 is 0 Å². The van der Waals surface area contributed by atoms with Gasteiger partial charge in [0, 0.05) is 24.3 Å². The highest BCUT2D eigenvalue weighted by Gasteiger charge is 2.25. The molecule has 188 valence electrons. The van der Waals surface area contributed by atoms with Crippen molar-refractivity contribution < 1.29 is 34.3 Å². The Kier molecular flexibility index (Phi) is 10.6. The van der Waals surface area contributed by atoms with Crippen LogP contribution in [0.2, 0.25) is 0 Å². The Labute approximate surface area is 200 Å². The highest BCUT2D eigenvalue weighted by atomic mass is 19.1. The first-order chi connectivity index (χ1) is 16.1. The summed E-state index contributed by atoms with van der Waals surface area (Å²) in [6, 6.07) is 6.16. The van der Waals surface area contributed by atoms with Crippen LogP contribution in [0.1, 0.15) is 74.4 Å². The number of methoxy groups -OCH3 is 1. The molecule has 0 spiro atoms. The van der Waals surface area contributed by atoms with Crippen LogP contribution in [0, 0.1) is 5.82 Å². The maximum Gasteiger partial charge on any atom is 0.305 e. The largest absolute Gasteiger partial charge is 0.481 e. The van der Waals surface area contributed by atoms with E-state index in [-0.39, 0.29) is 43.7 Å². The number of hydrogen-bond donors (Lipinski definition) is 4. The second-order valence-corrected chi connectivity index (χ2v) is 9.07. The average Bonchev–Trinajstić information content (AvgIpc) is 2.77. The van der Waals surface area contributed by atoms with Gasteiger partial charge in [0.05, 0.1) is 37.5 Å². The fourth-order valence-corrected chi connectivity index (χ4v) is 4.21. The number of halogens is 1. The molecule has 3 atom stereocenters. The molecule has 0 aliphatic heterocycles. The van der Waals surface area contributed by atoms with Crippen LogP contribution in [0.3, 0.4) is 0 Å². The van der Waals surface area contributed by atoms with E-state index in [2.05, 4.69) is 0 Å². The minimum Gasteiger partial charge on any atom is -0.481 e. The van der Waals surface area contributed by atoms with E-state index in [1.165, 1.54) is 12.1 Å². The lowest BCUT2D eigenvalue weighted by atomic mass is 9.85. The van der Waals surface area contributed by atoms with E-state index in [0.717, 1.165) is 27.9 Å². The molecule has 2 rings (SSSR count). The molecular formula is C26H36FNO6. The van der Waals surface area contributed by atoms with Crippen molar-refractivity contribution in [3.63, 3.8) is 0 Å². The highest BCUT2D eigenvalue weighted by molar-refractivity contribution is 5.73. The third-order valence-electron chi connectivity index (χ3n) is 5.85. The third kappa shape index (κ3) is 7.30. The molecule has 0 aliphatic carbocycles. The Morgan fingerprint density at radius 2 is 1.71 bits per heavy atom.